The second kappa shape index (κ2) is 34.7. The molecule has 0 aliphatic heterocycles. The van der Waals surface area contributed by atoms with Crippen LogP contribution in [0.4, 0.5) is 24.0 Å². The van der Waals surface area contributed by atoms with Gasteiger partial charge in [-0.25, -0.2) is 24.0 Å². The number of rotatable bonds is 30. The van der Waals surface area contributed by atoms with E-state index in [-0.39, 0.29) is 38.5 Å². The average Bonchev–Trinajstić information content (AvgIpc) is 3.06. The molecule has 15 nitrogen and oxygen atoms in total. The molecule has 0 fully saturated rings. The Kier molecular flexibility index (Phi) is 32.0. The fourth-order valence-corrected chi connectivity index (χ4v) is 4.18. The first-order valence-corrected chi connectivity index (χ1v) is 17.8. The summed E-state index contributed by atoms with van der Waals surface area (Å²) in [6.45, 7) is 7.92. The minimum atomic E-state index is -0.681. The largest absolute Gasteiger partial charge is 0.508 e. The highest BCUT2D eigenvalue weighted by atomic mass is 16.7. The number of carbonyl (C=O) groups is 5. The lowest BCUT2D eigenvalue weighted by Crippen LogP contribution is -2.35. The minimum Gasteiger partial charge on any atom is -0.434 e. The van der Waals surface area contributed by atoms with Gasteiger partial charge in [-0.3, -0.25) is 0 Å². The number of urea groups is 2. The molecule has 0 spiro atoms. The zero-order chi connectivity index (χ0) is 35.3. The van der Waals surface area contributed by atoms with E-state index in [1.54, 1.807) is 0 Å². The van der Waals surface area contributed by atoms with Gasteiger partial charge in [-0.1, -0.05) is 12.8 Å². The summed E-state index contributed by atoms with van der Waals surface area (Å²) in [5.41, 5.74) is 0. The molecule has 0 aromatic heterocycles. The first-order valence-electron chi connectivity index (χ1n) is 17.8. The molecular weight excluding hydrogens is 628 g/mol. The average molecular weight is 691 g/mol. The number of ether oxygens (including phenoxy) is 6. The summed E-state index contributed by atoms with van der Waals surface area (Å²) in [6, 6.07) is -0.306. The van der Waals surface area contributed by atoms with Crippen LogP contribution in [-0.4, -0.2) is 96.3 Å². The molecule has 0 aromatic carbocycles. The van der Waals surface area contributed by atoms with E-state index in [4.69, 9.17) is 28.4 Å². The van der Waals surface area contributed by atoms with Crippen molar-refractivity contribution < 1.29 is 52.4 Å². The molecular formula is C33H62N4O11. The summed E-state index contributed by atoms with van der Waals surface area (Å²) < 4.78 is 30.4. The number of hydrogen-bond donors (Lipinski definition) is 4. The van der Waals surface area contributed by atoms with Crippen molar-refractivity contribution >= 4 is 30.5 Å². The van der Waals surface area contributed by atoms with E-state index in [1.807, 2.05) is 13.8 Å². The van der Waals surface area contributed by atoms with Crippen molar-refractivity contribution in [3.8, 4) is 0 Å². The molecule has 280 valence electrons. The Morgan fingerprint density at radius 3 is 0.792 bits per heavy atom. The first kappa shape index (κ1) is 44.4. The Bertz CT molecular complexity index is 769. The maximum Gasteiger partial charge on any atom is 0.508 e. The quantitative estimate of drug-likeness (QED) is 0.0375. The number of unbranched alkanes of at least 4 members (excludes halogenated alkanes) is 12. The van der Waals surface area contributed by atoms with Gasteiger partial charge in [0, 0.05) is 26.2 Å². The Morgan fingerprint density at radius 2 is 0.562 bits per heavy atom. The molecule has 4 amide bonds. The molecule has 0 saturated carbocycles. The number of nitrogens with one attached hydrogen (secondary N) is 4. The van der Waals surface area contributed by atoms with Crippen LogP contribution in [0.5, 0.6) is 0 Å². The topological polar surface area (TPSA) is 189 Å². The monoisotopic (exact) mass is 690 g/mol. The SMILES string of the molecule is CCNC(=O)NCCCCCCOC(=O)OCCCCCCOC(=O)OCCCCCCOC(=O)OCCCCCCNC(=O)NCC. The lowest BCUT2D eigenvalue weighted by Gasteiger charge is -2.08. The lowest BCUT2D eigenvalue weighted by atomic mass is 10.2. The molecule has 0 bridgehead atoms. The standard InChI is InChI=1S/C33H62N4O11/c1-3-34-29(38)36-21-13-5-7-15-23-43-31(40)45-25-17-9-11-19-27-47-33(42)48-28-20-12-10-18-26-46-32(41)44-24-16-8-6-14-22-37-30(39)35-4-2/h3-28H2,1-2H3,(H2,34,36,38)(H2,35,37,39). The Labute approximate surface area is 286 Å². The van der Waals surface area contributed by atoms with Crippen molar-refractivity contribution in [1.82, 2.24) is 21.3 Å². The van der Waals surface area contributed by atoms with Gasteiger partial charge < -0.3 is 49.7 Å². The van der Waals surface area contributed by atoms with Crippen molar-refractivity contribution in [3.63, 3.8) is 0 Å². The lowest BCUT2D eigenvalue weighted by molar-refractivity contribution is 0.0485. The summed E-state index contributed by atoms with van der Waals surface area (Å²) >= 11 is 0. The second-order valence-electron chi connectivity index (χ2n) is 11.1. The molecule has 0 rings (SSSR count). The third-order valence-electron chi connectivity index (χ3n) is 6.78. The van der Waals surface area contributed by atoms with Gasteiger partial charge in [0.05, 0.1) is 39.6 Å². The van der Waals surface area contributed by atoms with E-state index in [2.05, 4.69) is 21.3 Å². The van der Waals surface area contributed by atoms with Crippen LogP contribution >= 0.6 is 0 Å². The van der Waals surface area contributed by atoms with Gasteiger partial charge >= 0.3 is 30.5 Å². The maximum absolute atomic E-state index is 11.7. The summed E-state index contributed by atoms with van der Waals surface area (Å²) in [4.78, 5) is 57.4. The Hall–Kier alpha value is -3.65. The van der Waals surface area contributed by atoms with Gasteiger partial charge in [-0.2, -0.15) is 0 Å². The van der Waals surface area contributed by atoms with Crippen LogP contribution < -0.4 is 21.3 Å². The predicted molar refractivity (Wildman–Crippen MR) is 180 cm³/mol. The minimum absolute atomic E-state index is 0.153. The van der Waals surface area contributed by atoms with Gasteiger partial charge in [0.1, 0.15) is 0 Å². The molecule has 0 aromatic rings. The van der Waals surface area contributed by atoms with E-state index in [0.29, 0.717) is 65.1 Å². The van der Waals surface area contributed by atoms with Crippen LogP contribution in [0.25, 0.3) is 0 Å². The zero-order valence-corrected chi connectivity index (χ0v) is 29.4. The van der Waals surface area contributed by atoms with Crippen LogP contribution in [0.1, 0.15) is 117 Å². The highest BCUT2D eigenvalue weighted by Gasteiger charge is 2.06. The van der Waals surface area contributed by atoms with Crippen LogP contribution in [0.2, 0.25) is 0 Å². The molecule has 0 aliphatic rings. The summed E-state index contributed by atoms with van der Waals surface area (Å²) in [5.74, 6) is 0. The highest BCUT2D eigenvalue weighted by Crippen LogP contribution is 2.06. The van der Waals surface area contributed by atoms with Gasteiger partial charge in [0.2, 0.25) is 0 Å². The van der Waals surface area contributed by atoms with Crippen molar-refractivity contribution in [1.29, 1.82) is 0 Å². The van der Waals surface area contributed by atoms with Gasteiger partial charge in [-0.15, -0.1) is 0 Å². The number of carbonyl (C=O) groups excluding carboxylic acids is 5. The smallest absolute Gasteiger partial charge is 0.434 e. The molecule has 4 N–H and O–H groups in total. The molecule has 0 atom stereocenters. The fraction of sp³-hybridized carbons (Fsp3) is 0.848. The summed E-state index contributed by atoms with van der Waals surface area (Å²) in [5, 5.41) is 10.9. The number of hydrogen-bond acceptors (Lipinski definition) is 11. The normalized spacial score (nSPS) is 10.4. The molecule has 48 heavy (non-hydrogen) atoms. The van der Waals surface area contributed by atoms with Crippen LogP contribution in [0.15, 0.2) is 0 Å². The molecule has 0 heterocycles. The molecule has 0 unspecified atom stereocenters. The van der Waals surface area contributed by atoms with E-state index in [1.165, 1.54) is 0 Å². The van der Waals surface area contributed by atoms with Crippen molar-refractivity contribution in [2.45, 2.75) is 117 Å². The van der Waals surface area contributed by atoms with Gasteiger partial charge in [-0.05, 0) is 104 Å². The molecule has 0 saturated heterocycles. The number of amides is 4. The van der Waals surface area contributed by atoms with E-state index in [0.717, 1.165) is 77.0 Å². The third kappa shape index (κ3) is 33.7. The Balaban J connectivity index is 3.36. The highest BCUT2D eigenvalue weighted by molar-refractivity contribution is 5.74. The predicted octanol–water partition coefficient (Wildman–Crippen LogP) is 6.33. The molecule has 15 heteroatoms. The fourth-order valence-electron chi connectivity index (χ4n) is 4.18. The van der Waals surface area contributed by atoms with Gasteiger partial charge in [0.15, 0.2) is 0 Å². The first-order chi connectivity index (χ1) is 23.4. The van der Waals surface area contributed by atoms with E-state index in [9.17, 15) is 24.0 Å². The molecule has 0 radical (unpaired) electrons. The Morgan fingerprint density at radius 1 is 0.333 bits per heavy atom. The second-order valence-corrected chi connectivity index (χ2v) is 11.1. The van der Waals surface area contributed by atoms with Crippen molar-refractivity contribution in [3.05, 3.63) is 0 Å². The summed E-state index contributed by atoms with van der Waals surface area (Å²) in [6.07, 6.45) is 11.0. The van der Waals surface area contributed by atoms with Crippen LogP contribution in [-0.2, 0) is 28.4 Å². The third-order valence-corrected chi connectivity index (χ3v) is 6.78. The van der Waals surface area contributed by atoms with Gasteiger partial charge in [0.25, 0.3) is 0 Å². The zero-order valence-electron chi connectivity index (χ0n) is 29.4. The van der Waals surface area contributed by atoms with E-state index < -0.39 is 18.5 Å². The van der Waals surface area contributed by atoms with Crippen LogP contribution in [0.3, 0.4) is 0 Å². The van der Waals surface area contributed by atoms with Crippen molar-refractivity contribution in [2.75, 3.05) is 65.8 Å². The van der Waals surface area contributed by atoms with E-state index >= 15 is 0 Å². The maximum atomic E-state index is 11.7. The molecule has 0 aliphatic carbocycles. The van der Waals surface area contributed by atoms with Crippen molar-refractivity contribution in [2.24, 2.45) is 0 Å². The van der Waals surface area contributed by atoms with Crippen LogP contribution in [0, 0.1) is 0 Å². The summed E-state index contributed by atoms with van der Waals surface area (Å²) in [7, 11) is 0.